The van der Waals surface area contributed by atoms with Crippen molar-refractivity contribution in [3.63, 3.8) is 0 Å². The van der Waals surface area contributed by atoms with Crippen molar-refractivity contribution in [2.75, 3.05) is 25.6 Å². The number of hydrazone groups is 1. The van der Waals surface area contributed by atoms with Gasteiger partial charge >= 0.3 is 0 Å². The van der Waals surface area contributed by atoms with Gasteiger partial charge in [-0.3, -0.25) is 5.43 Å². The summed E-state index contributed by atoms with van der Waals surface area (Å²) in [5.41, 5.74) is 4.87. The largest absolute Gasteiger partial charge is 0.306 e. The van der Waals surface area contributed by atoms with E-state index in [-0.39, 0.29) is 11.1 Å². The predicted octanol–water partition coefficient (Wildman–Crippen LogP) is 2.48. The summed E-state index contributed by atoms with van der Waals surface area (Å²) in [6.45, 7) is 4.55. The van der Waals surface area contributed by atoms with Crippen LogP contribution in [-0.2, 0) is 5.41 Å². The molecule has 0 aliphatic carbocycles. The number of nitrogens with one attached hydrogen (secondary N) is 1. The van der Waals surface area contributed by atoms with Crippen LogP contribution in [-0.4, -0.2) is 30.7 Å². The third-order valence-corrected chi connectivity index (χ3v) is 4.18. The van der Waals surface area contributed by atoms with Crippen molar-refractivity contribution in [3.05, 3.63) is 29.8 Å². The number of rotatable bonds is 3. The van der Waals surface area contributed by atoms with E-state index in [9.17, 15) is 0 Å². The Labute approximate surface area is 125 Å². The van der Waals surface area contributed by atoms with Gasteiger partial charge in [-0.1, -0.05) is 19.1 Å². The first-order valence-electron chi connectivity index (χ1n) is 7.00. The van der Waals surface area contributed by atoms with Crippen LogP contribution in [0, 0.1) is 22.7 Å². The van der Waals surface area contributed by atoms with E-state index in [1.165, 1.54) is 5.56 Å². The van der Waals surface area contributed by atoms with Crippen LogP contribution in [0.3, 0.4) is 0 Å². The number of likely N-dealkylation sites (tertiary alicyclic amines) is 1. The van der Waals surface area contributed by atoms with Gasteiger partial charge in [0, 0.05) is 0 Å². The Morgan fingerprint density at radius 2 is 1.76 bits per heavy atom. The maximum Gasteiger partial charge on any atom is 0.237 e. The van der Waals surface area contributed by atoms with Gasteiger partial charge in [-0.25, -0.2) is 0 Å². The van der Waals surface area contributed by atoms with Gasteiger partial charge < -0.3 is 4.90 Å². The first kappa shape index (κ1) is 15.0. The number of anilines is 1. The number of hydrogen-bond acceptors (Lipinski definition) is 5. The standard InChI is InChI=1S/C16H19N5/c1-16(7-9-21(2)10-8-16)13-3-5-14(6-4-13)19-20-15(11-17)12-18/h3-6,19H,7-10H2,1-2H3. The Kier molecular flexibility index (Phi) is 4.57. The van der Waals surface area contributed by atoms with Gasteiger partial charge in [-0.15, -0.1) is 0 Å². The molecule has 1 fully saturated rings. The minimum absolute atomic E-state index is 0.179. The van der Waals surface area contributed by atoms with Crippen molar-refractivity contribution < 1.29 is 0 Å². The van der Waals surface area contributed by atoms with Crippen molar-refractivity contribution in [1.82, 2.24) is 4.90 Å². The van der Waals surface area contributed by atoms with Crippen LogP contribution >= 0.6 is 0 Å². The minimum atomic E-state index is -0.179. The molecule has 1 aromatic carbocycles. The second-order valence-electron chi connectivity index (χ2n) is 5.74. The molecule has 2 rings (SSSR count). The summed E-state index contributed by atoms with van der Waals surface area (Å²) in [7, 11) is 2.16. The third-order valence-electron chi connectivity index (χ3n) is 4.18. The van der Waals surface area contributed by atoms with Crippen LogP contribution in [0.15, 0.2) is 29.4 Å². The molecule has 0 atom stereocenters. The summed E-state index contributed by atoms with van der Waals surface area (Å²) in [6.07, 6.45) is 2.31. The molecular formula is C16H19N5. The molecule has 1 heterocycles. The summed E-state index contributed by atoms with van der Waals surface area (Å²) < 4.78 is 0. The van der Waals surface area contributed by atoms with Crippen molar-refractivity contribution in [1.29, 1.82) is 10.5 Å². The third kappa shape index (κ3) is 3.59. The first-order valence-corrected chi connectivity index (χ1v) is 7.00. The van der Waals surface area contributed by atoms with Crippen LogP contribution < -0.4 is 5.43 Å². The van der Waals surface area contributed by atoms with E-state index in [0.717, 1.165) is 31.6 Å². The van der Waals surface area contributed by atoms with Crippen LogP contribution in [0.1, 0.15) is 25.3 Å². The molecule has 0 aromatic heterocycles. The van der Waals surface area contributed by atoms with Crippen LogP contribution in [0.5, 0.6) is 0 Å². The molecule has 0 amide bonds. The van der Waals surface area contributed by atoms with Crippen molar-refractivity contribution in [2.45, 2.75) is 25.2 Å². The Morgan fingerprint density at radius 1 is 1.19 bits per heavy atom. The van der Waals surface area contributed by atoms with E-state index in [4.69, 9.17) is 10.5 Å². The number of nitriles is 2. The highest BCUT2D eigenvalue weighted by Gasteiger charge is 2.30. The van der Waals surface area contributed by atoms with Crippen LogP contribution in [0.4, 0.5) is 5.69 Å². The molecule has 1 aliphatic heterocycles. The van der Waals surface area contributed by atoms with Crippen LogP contribution in [0.25, 0.3) is 0 Å². The number of hydrogen-bond donors (Lipinski definition) is 1. The fourth-order valence-corrected chi connectivity index (χ4v) is 2.54. The maximum atomic E-state index is 8.63. The van der Waals surface area contributed by atoms with Gasteiger partial charge in [-0.2, -0.15) is 15.6 Å². The molecule has 0 saturated carbocycles. The van der Waals surface area contributed by atoms with Gasteiger partial charge in [0.1, 0.15) is 12.1 Å². The van der Waals surface area contributed by atoms with Crippen molar-refractivity contribution >= 4 is 11.4 Å². The average Bonchev–Trinajstić information content (AvgIpc) is 2.52. The SMILES string of the molecule is CN1CCC(C)(c2ccc(NN=C(C#N)C#N)cc2)CC1. The topological polar surface area (TPSA) is 75.2 Å². The normalized spacial score (nSPS) is 17.3. The van der Waals surface area contributed by atoms with Gasteiger partial charge in [0.05, 0.1) is 5.69 Å². The molecule has 1 aliphatic rings. The molecule has 1 N–H and O–H groups in total. The number of benzene rings is 1. The van der Waals surface area contributed by atoms with Gasteiger partial charge in [0.15, 0.2) is 0 Å². The molecule has 1 aromatic rings. The Morgan fingerprint density at radius 3 is 2.29 bits per heavy atom. The summed E-state index contributed by atoms with van der Waals surface area (Å²) in [5.74, 6) is 0. The predicted molar refractivity (Wildman–Crippen MR) is 82.8 cm³/mol. The lowest BCUT2D eigenvalue weighted by molar-refractivity contribution is 0.200. The molecule has 0 bridgehead atoms. The van der Waals surface area contributed by atoms with E-state index < -0.39 is 0 Å². The van der Waals surface area contributed by atoms with Gasteiger partial charge in [-0.05, 0) is 56.1 Å². The second kappa shape index (κ2) is 6.39. The number of piperidine rings is 1. The van der Waals surface area contributed by atoms with Crippen LogP contribution in [0.2, 0.25) is 0 Å². The molecule has 1 saturated heterocycles. The lowest BCUT2D eigenvalue weighted by atomic mass is 9.74. The maximum absolute atomic E-state index is 8.63. The fraction of sp³-hybridized carbons (Fsp3) is 0.438. The Bertz CT molecular complexity index is 579. The Hall–Kier alpha value is -2.37. The van der Waals surface area contributed by atoms with E-state index in [0.29, 0.717) is 0 Å². The molecule has 5 heteroatoms. The molecule has 0 unspecified atom stereocenters. The van der Waals surface area contributed by atoms with Crippen molar-refractivity contribution in [2.24, 2.45) is 5.10 Å². The van der Waals surface area contributed by atoms with E-state index in [1.807, 2.05) is 12.1 Å². The highest BCUT2D eigenvalue weighted by Crippen LogP contribution is 2.35. The minimum Gasteiger partial charge on any atom is -0.306 e. The monoisotopic (exact) mass is 281 g/mol. The quantitative estimate of drug-likeness (QED) is 0.682. The average molecular weight is 281 g/mol. The summed E-state index contributed by atoms with van der Waals surface area (Å²) in [5, 5.41) is 21.0. The first-order chi connectivity index (χ1) is 10.1. The zero-order valence-electron chi connectivity index (χ0n) is 12.4. The lowest BCUT2D eigenvalue weighted by Crippen LogP contribution is -2.38. The highest BCUT2D eigenvalue weighted by molar-refractivity contribution is 6.10. The summed E-state index contributed by atoms with van der Waals surface area (Å²) in [6, 6.07) is 11.5. The van der Waals surface area contributed by atoms with Gasteiger partial charge in [0.25, 0.3) is 0 Å². The molecule has 0 spiro atoms. The zero-order chi connectivity index (χ0) is 15.3. The lowest BCUT2D eigenvalue weighted by Gasteiger charge is -2.38. The number of nitrogens with zero attached hydrogens (tertiary/aromatic N) is 4. The zero-order valence-corrected chi connectivity index (χ0v) is 12.4. The summed E-state index contributed by atoms with van der Waals surface area (Å²) in [4.78, 5) is 2.36. The second-order valence-corrected chi connectivity index (χ2v) is 5.74. The molecule has 21 heavy (non-hydrogen) atoms. The van der Waals surface area contributed by atoms with E-state index in [2.05, 4.69) is 41.5 Å². The summed E-state index contributed by atoms with van der Waals surface area (Å²) >= 11 is 0. The molecule has 0 radical (unpaired) electrons. The highest BCUT2D eigenvalue weighted by atomic mass is 15.3. The van der Waals surface area contributed by atoms with Gasteiger partial charge in [0.2, 0.25) is 5.71 Å². The molecule has 108 valence electrons. The Balaban J connectivity index is 2.08. The van der Waals surface area contributed by atoms with E-state index in [1.54, 1.807) is 12.1 Å². The molecule has 5 nitrogen and oxygen atoms in total. The molecular weight excluding hydrogens is 262 g/mol. The van der Waals surface area contributed by atoms with E-state index >= 15 is 0 Å². The fourth-order valence-electron chi connectivity index (χ4n) is 2.54. The van der Waals surface area contributed by atoms with Crippen molar-refractivity contribution in [3.8, 4) is 12.1 Å². The smallest absolute Gasteiger partial charge is 0.237 e.